The van der Waals surface area contributed by atoms with Crippen molar-refractivity contribution in [1.29, 1.82) is 0 Å². The van der Waals surface area contributed by atoms with Gasteiger partial charge in [0, 0.05) is 25.4 Å². The third-order valence-electron chi connectivity index (χ3n) is 3.41. The van der Waals surface area contributed by atoms with Gasteiger partial charge in [-0.3, -0.25) is 0 Å². The van der Waals surface area contributed by atoms with E-state index in [4.69, 9.17) is 0 Å². The zero-order chi connectivity index (χ0) is 15.9. The van der Waals surface area contributed by atoms with Crippen LogP contribution in [0.5, 0.6) is 0 Å². The minimum atomic E-state index is 0.610. The summed E-state index contributed by atoms with van der Waals surface area (Å²) >= 11 is 1.59. The lowest BCUT2D eigenvalue weighted by Crippen LogP contribution is -2.16. The Hall–Kier alpha value is -2.22. The Morgan fingerprint density at radius 1 is 1.18 bits per heavy atom. The molecule has 0 aromatic carbocycles. The quantitative estimate of drug-likeness (QED) is 0.795. The summed E-state index contributed by atoms with van der Waals surface area (Å²) in [6.07, 6.45) is 1.95. The van der Waals surface area contributed by atoms with E-state index in [0.29, 0.717) is 12.5 Å². The molecule has 0 amide bonds. The van der Waals surface area contributed by atoms with Crippen molar-refractivity contribution in [3.05, 3.63) is 28.2 Å². The lowest BCUT2D eigenvalue weighted by atomic mass is 10.2. The Balaban J connectivity index is 1.81. The molecule has 0 radical (unpaired) electrons. The van der Waals surface area contributed by atoms with E-state index in [2.05, 4.69) is 25.4 Å². The fourth-order valence-electron chi connectivity index (χ4n) is 2.09. The van der Waals surface area contributed by atoms with E-state index in [1.54, 1.807) is 11.3 Å². The van der Waals surface area contributed by atoms with Crippen molar-refractivity contribution in [1.82, 2.24) is 24.6 Å². The molecule has 0 spiro atoms. The van der Waals surface area contributed by atoms with Crippen molar-refractivity contribution in [3.8, 4) is 0 Å². The minimum Gasteiger partial charge on any atom is -0.364 e. The maximum Gasteiger partial charge on any atom is 0.227 e. The van der Waals surface area contributed by atoms with Crippen molar-refractivity contribution in [2.24, 2.45) is 0 Å². The number of fused-ring (bicyclic) bond motifs is 1. The van der Waals surface area contributed by atoms with E-state index in [-0.39, 0.29) is 0 Å². The van der Waals surface area contributed by atoms with E-state index in [9.17, 15) is 0 Å². The lowest BCUT2D eigenvalue weighted by Gasteiger charge is -2.15. The minimum absolute atomic E-state index is 0.610. The molecule has 7 nitrogen and oxygen atoms in total. The highest BCUT2D eigenvalue weighted by Crippen LogP contribution is 2.19. The Morgan fingerprint density at radius 3 is 2.64 bits per heavy atom. The van der Waals surface area contributed by atoms with Gasteiger partial charge in [-0.15, -0.1) is 0 Å². The summed E-state index contributed by atoms with van der Waals surface area (Å²) < 4.78 is 1.82. The average Bonchev–Trinajstić information content (AvgIpc) is 2.96. The van der Waals surface area contributed by atoms with Crippen LogP contribution in [0.15, 0.2) is 6.20 Å². The smallest absolute Gasteiger partial charge is 0.227 e. The van der Waals surface area contributed by atoms with Gasteiger partial charge in [0.25, 0.3) is 0 Å². The van der Waals surface area contributed by atoms with Crippen molar-refractivity contribution >= 4 is 28.1 Å². The largest absolute Gasteiger partial charge is 0.364 e. The molecule has 0 atom stereocenters. The van der Waals surface area contributed by atoms with Crippen LogP contribution in [0, 0.1) is 20.8 Å². The summed E-state index contributed by atoms with van der Waals surface area (Å²) in [4.78, 5) is 16.4. The van der Waals surface area contributed by atoms with Gasteiger partial charge in [-0.2, -0.15) is 10.1 Å². The molecule has 3 heterocycles. The number of aryl methyl sites for hydroxylation is 2. The molecule has 8 heteroatoms. The summed E-state index contributed by atoms with van der Waals surface area (Å²) in [6, 6.07) is 0. The molecule has 1 N–H and O–H groups in total. The molecule has 3 aromatic heterocycles. The number of rotatable bonds is 4. The molecule has 0 bridgehead atoms. The van der Waals surface area contributed by atoms with Crippen LogP contribution in [-0.2, 0) is 6.54 Å². The summed E-state index contributed by atoms with van der Waals surface area (Å²) in [6.45, 7) is 6.61. The monoisotopic (exact) mass is 317 g/mol. The molecular weight excluding hydrogens is 298 g/mol. The van der Waals surface area contributed by atoms with Crippen molar-refractivity contribution in [2.75, 3.05) is 24.3 Å². The first kappa shape index (κ1) is 14.7. The summed E-state index contributed by atoms with van der Waals surface area (Å²) in [5, 5.41) is 8.74. The highest BCUT2D eigenvalue weighted by Gasteiger charge is 2.11. The standard InChI is InChI=1S/C14H19N7S/c1-8-9(2)16-13(20(4)5)18-12(8)15-6-11-7-21-14(17-11)22-10(3)19-21/h7H,6H2,1-5H3,(H,15,16,18). The second kappa shape index (κ2) is 5.53. The van der Waals surface area contributed by atoms with E-state index in [0.717, 1.165) is 32.7 Å². The van der Waals surface area contributed by atoms with Crippen molar-refractivity contribution in [2.45, 2.75) is 27.3 Å². The van der Waals surface area contributed by atoms with Crippen molar-refractivity contribution < 1.29 is 0 Å². The molecule has 0 saturated carbocycles. The molecule has 0 aliphatic carbocycles. The molecular formula is C14H19N7S. The normalized spacial score (nSPS) is 11.1. The lowest BCUT2D eigenvalue weighted by molar-refractivity contribution is 0.932. The Labute approximate surface area is 133 Å². The summed E-state index contributed by atoms with van der Waals surface area (Å²) in [5.41, 5.74) is 2.98. The zero-order valence-electron chi connectivity index (χ0n) is 13.4. The summed E-state index contributed by atoms with van der Waals surface area (Å²) in [5.74, 6) is 1.55. The number of nitrogens with zero attached hydrogens (tertiary/aromatic N) is 6. The van der Waals surface area contributed by atoms with Crippen LogP contribution in [0.25, 0.3) is 4.96 Å². The fourth-order valence-corrected chi connectivity index (χ4v) is 2.83. The first-order chi connectivity index (χ1) is 10.4. The van der Waals surface area contributed by atoms with Crippen LogP contribution >= 0.6 is 11.3 Å². The Morgan fingerprint density at radius 2 is 1.95 bits per heavy atom. The first-order valence-corrected chi connectivity index (χ1v) is 7.84. The zero-order valence-corrected chi connectivity index (χ0v) is 14.2. The van der Waals surface area contributed by atoms with Gasteiger partial charge in [0.15, 0.2) is 0 Å². The predicted octanol–water partition coefficient (Wildman–Crippen LogP) is 2.18. The Bertz CT molecular complexity index is 787. The number of nitrogens with one attached hydrogen (secondary N) is 1. The number of aromatic nitrogens is 5. The SMILES string of the molecule is Cc1nn2cc(CNc3nc(N(C)C)nc(C)c3C)nc2s1. The molecule has 0 saturated heterocycles. The summed E-state index contributed by atoms with van der Waals surface area (Å²) in [7, 11) is 3.87. The predicted molar refractivity (Wildman–Crippen MR) is 88.8 cm³/mol. The third kappa shape index (κ3) is 2.74. The Kier molecular flexibility index (Phi) is 3.69. The molecule has 0 aliphatic heterocycles. The third-order valence-corrected chi connectivity index (χ3v) is 4.25. The molecule has 22 heavy (non-hydrogen) atoms. The number of anilines is 2. The van der Waals surface area contributed by atoms with Gasteiger partial charge in [-0.1, -0.05) is 11.3 Å². The van der Waals surface area contributed by atoms with Gasteiger partial charge in [0.05, 0.1) is 18.4 Å². The maximum absolute atomic E-state index is 4.56. The topological polar surface area (TPSA) is 71.2 Å². The van der Waals surface area contributed by atoms with Crippen LogP contribution in [0.2, 0.25) is 0 Å². The molecule has 3 rings (SSSR count). The number of imidazole rings is 1. The maximum atomic E-state index is 4.56. The van der Waals surface area contributed by atoms with E-state index in [1.807, 2.05) is 50.5 Å². The molecule has 3 aromatic rings. The molecule has 0 fully saturated rings. The van der Waals surface area contributed by atoms with Crippen LogP contribution in [0.4, 0.5) is 11.8 Å². The van der Waals surface area contributed by atoms with Crippen LogP contribution in [-0.4, -0.2) is 38.7 Å². The molecule has 0 aliphatic rings. The highest BCUT2D eigenvalue weighted by atomic mass is 32.1. The molecule has 0 unspecified atom stereocenters. The van der Waals surface area contributed by atoms with Gasteiger partial charge in [-0.25, -0.2) is 14.5 Å². The van der Waals surface area contributed by atoms with E-state index in [1.165, 1.54) is 0 Å². The average molecular weight is 317 g/mol. The van der Waals surface area contributed by atoms with Gasteiger partial charge in [0.2, 0.25) is 10.9 Å². The van der Waals surface area contributed by atoms with Gasteiger partial charge < -0.3 is 10.2 Å². The molecule has 116 valence electrons. The van der Waals surface area contributed by atoms with Gasteiger partial charge in [0.1, 0.15) is 10.8 Å². The van der Waals surface area contributed by atoms with Crippen LogP contribution in [0.3, 0.4) is 0 Å². The first-order valence-electron chi connectivity index (χ1n) is 7.02. The fraction of sp³-hybridized carbons (Fsp3) is 0.429. The van der Waals surface area contributed by atoms with Crippen LogP contribution < -0.4 is 10.2 Å². The highest BCUT2D eigenvalue weighted by molar-refractivity contribution is 7.16. The van der Waals surface area contributed by atoms with E-state index < -0.39 is 0 Å². The van der Waals surface area contributed by atoms with Gasteiger partial charge >= 0.3 is 0 Å². The van der Waals surface area contributed by atoms with Crippen LogP contribution in [0.1, 0.15) is 22.0 Å². The second-order valence-electron chi connectivity index (χ2n) is 5.41. The number of hydrogen-bond acceptors (Lipinski definition) is 7. The van der Waals surface area contributed by atoms with E-state index >= 15 is 0 Å². The van der Waals surface area contributed by atoms with Gasteiger partial charge in [-0.05, 0) is 20.8 Å². The second-order valence-corrected chi connectivity index (χ2v) is 6.57. The number of hydrogen-bond donors (Lipinski definition) is 1. The van der Waals surface area contributed by atoms with Crippen molar-refractivity contribution in [3.63, 3.8) is 0 Å².